The van der Waals surface area contributed by atoms with Gasteiger partial charge in [0.25, 0.3) is 0 Å². The zero-order chi connectivity index (χ0) is 15.3. The van der Waals surface area contributed by atoms with Crippen LogP contribution in [0.25, 0.3) is 0 Å². The number of carboxylic acids is 1. The van der Waals surface area contributed by atoms with Crippen LogP contribution in [0.4, 0.5) is 10.5 Å². The van der Waals surface area contributed by atoms with Crippen LogP contribution < -0.4 is 10.6 Å². The van der Waals surface area contributed by atoms with Crippen LogP contribution >= 0.6 is 15.9 Å². The van der Waals surface area contributed by atoms with E-state index >= 15 is 0 Å². The Labute approximate surface area is 126 Å². The van der Waals surface area contributed by atoms with Crippen LogP contribution in [0.2, 0.25) is 0 Å². The first kappa shape index (κ1) is 16.5. The number of benzene rings is 1. The minimum Gasteiger partial charge on any atom is -0.478 e. The van der Waals surface area contributed by atoms with Gasteiger partial charge in [0, 0.05) is 10.5 Å². The summed E-state index contributed by atoms with van der Waals surface area (Å²) >= 11 is 3.26. The molecule has 0 spiro atoms. The highest BCUT2D eigenvalue weighted by molar-refractivity contribution is 9.10. The molecule has 0 aliphatic heterocycles. The molecule has 0 aliphatic rings. The molecular formula is C14H19BrN2O3. The van der Waals surface area contributed by atoms with Crippen LogP contribution in [-0.4, -0.2) is 23.1 Å². The van der Waals surface area contributed by atoms with Crippen molar-refractivity contribution >= 4 is 33.6 Å². The zero-order valence-electron chi connectivity index (χ0n) is 11.7. The number of urea groups is 1. The van der Waals surface area contributed by atoms with E-state index in [2.05, 4.69) is 33.5 Å². The monoisotopic (exact) mass is 342 g/mol. The number of hydrogen-bond donors (Lipinski definition) is 3. The van der Waals surface area contributed by atoms with Crippen molar-refractivity contribution in [3.05, 3.63) is 28.2 Å². The third-order valence-corrected chi connectivity index (χ3v) is 3.81. The van der Waals surface area contributed by atoms with E-state index in [0.29, 0.717) is 10.4 Å². The quantitative estimate of drug-likeness (QED) is 0.763. The molecule has 0 heterocycles. The van der Waals surface area contributed by atoms with Gasteiger partial charge in [0.2, 0.25) is 0 Å². The molecule has 20 heavy (non-hydrogen) atoms. The fraction of sp³-hybridized carbons (Fsp3) is 0.429. The van der Waals surface area contributed by atoms with Gasteiger partial charge in [0.1, 0.15) is 0 Å². The van der Waals surface area contributed by atoms with Crippen LogP contribution in [0.5, 0.6) is 0 Å². The average Bonchev–Trinajstić information content (AvgIpc) is 2.37. The Bertz CT molecular complexity index is 505. The minimum atomic E-state index is -1.08. The van der Waals surface area contributed by atoms with Crippen molar-refractivity contribution in [3.63, 3.8) is 0 Å². The molecule has 0 aliphatic carbocycles. The molecule has 1 rings (SSSR count). The minimum absolute atomic E-state index is 0.0143. The Balaban J connectivity index is 2.80. The van der Waals surface area contributed by atoms with Gasteiger partial charge in [0.15, 0.2) is 0 Å². The summed E-state index contributed by atoms with van der Waals surface area (Å²) in [5, 5.41) is 14.5. The van der Waals surface area contributed by atoms with E-state index in [-0.39, 0.29) is 17.3 Å². The van der Waals surface area contributed by atoms with Crippen LogP contribution in [0, 0.1) is 5.92 Å². The summed E-state index contributed by atoms with van der Waals surface area (Å²) in [6, 6.07) is 4.24. The molecular weight excluding hydrogens is 324 g/mol. The van der Waals surface area contributed by atoms with Gasteiger partial charge in [-0.1, -0.05) is 36.2 Å². The lowest BCUT2D eigenvalue weighted by Crippen LogP contribution is -2.39. The molecule has 0 aromatic heterocycles. The fourth-order valence-corrected chi connectivity index (χ4v) is 2.03. The van der Waals surface area contributed by atoms with Gasteiger partial charge in [-0.15, -0.1) is 0 Å². The fourth-order valence-electron chi connectivity index (χ4n) is 1.67. The van der Waals surface area contributed by atoms with Crippen molar-refractivity contribution in [2.75, 3.05) is 5.32 Å². The molecule has 5 nitrogen and oxygen atoms in total. The molecule has 0 fully saturated rings. The second-order valence-corrected chi connectivity index (χ2v) is 5.68. The number of hydrogen-bond acceptors (Lipinski definition) is 2. The standard InChI is InChI=1S/C14H19BrN2O3/c1-4-8(2)9(3)16-14(20)17-12-7-10(15)5-6-11(12)13(18)19/h5-9H,4H2,1-3H3,(H,18,19)(H2,16,17,20). The molecule has 3 N–H and O–H groups in total. The van der Waals surface area contributed by atoms with Gasteiger partial charge in [-0.25, -0.2) is 9.59 Å². The number of aromatic carboxylic acids is 1. The van der Waals surface area contributed by atoms with Crippen LogP contribution in [-0.2, 0) is 0 Å². The van der Waals surface area contributed by atoms with Crippen molar-refractivity contribution in [1.82, 2.24) is 5.32 Å². The molecule has 2 unspecified atom stereocenters. The lowest BCUT2D eigenvalue weighted by atomic mass is 10.0. The molecule has 0 saturated heterocycles. The van der Waals surface area contributed by atoms with Crippen molar-refractivity contribution in [3.8, 4) is 0 Å². The topological polar surface area (TPSA) is 78.4 Å². The molecule has 2 atom stereocenters. The van der Waals surface area contributed by atoms with Crippen molar-refractivity contribution in [2.24, 2.45) is 5.92 Å². The first-order valence-corrected chi connectivity index (χ1v) is 7.24. The van der Waals surface area contributed by atoms with Crippen LogP contribution in [0.1, 0.15) is 37.6 Å². The van der Waals surface area contributed by atoms with Crippen LogP contribution in [0.3, 0.4) is 0 Å². The number of rotatable bonds is 5. The molecule has 1 aromatic rings. The van der Waals surface area contributed by atoms with Crippen molar-refractivity contribution < 1.29 is 14.7 Å². The average molecular weight is 343 g/mol. The zero-order valence-corrected chi connectivity index (χ0v) is 13.3. The number of halogens is 1. The van der Waals surface area contributed by atoms with Crippen molar-refractivity contribution in [2.45, 2.75) is 33.2 Å². The lowest BCUT2D eigenvalue weighted by Gasteiger charge is -2.20. The second kappa shape index (κ2) is 7.28. The van der Waals surface area contributed by atoms with Gasteiger partial charge in [-0.05, 0) is 31.0 Å². The van der Waals surface area contributed by atoms with E-state index in [0.717, 1.165) is 6.42 Å². The van der Waals surface area contributed by atoms with Gasteiger partial charge in [-0.3, -0.25) is 0 Å². The maximum atomic E-state index is 11.9. The SMILES string of the molecule is CCC(C)C(C)NC(=O)Nc1cc(Br)ccc1C(=O)O. The highest BCUT2D eigenvalue weighted by atomic mass is 79.9. The van der Waals surface area contributed by atoms with Gasteiger partial charge >= 0.3 is 12.0 Å². The maximum absolute atomic E-state index is 11.9. The van der Waals surface area contributed by atoms with E-state index in [1.165, 1.54) is 6.07 Å². The summed E-state index contributed by atoms with van der Waals surface area (Å²) in [4.78, 5) is 23.0. The third kappa shape index (κ3) is 4.52. The predicted molar refractivity (Wildman–Crippen MR) is 82.2 cm³/mol. The van der Waals surface area contributed by atoms with E-state index < -0.39 is 12.0 Å². The number of nitrogens with one attached hydrogen (secondary N) is 2. The van der Waals surface area contributed by atoms with Crippen LogP contribution in [0.15, 0.2) is 22.7 Å². The summed E-state index contributed by atoms with van der Waals surface area (Å²) in [5.74, 6) is -0.732. The van der Waals surface area contributed by atoms with Crippen molar-refractivity contribution in [1.29, 1.82) is 0 Å². The first-order chi connectivity index (χ1) is 9.35. The molecule has 2 amide bonds. The van der Waals surface area contributed by atoms with E-state index in [1.54, 1.807) is 12.1 Å². The molecule has 0 radical (unpaired) electrons. The highest BCUT2D eigenvalue weighted by Gasteiger charge is 2.16. The number of amides is 2. The number of anilines is 1. The third-order valence-electron chi connectivity index (χ3n) is 3.32. The molecule has 6 heteroatoms. The number of carboxylic acid groups (broad SMARTS) is 1. The van der Waals surface area contributed by atoms with E-state index in [1.807, 2.05) is 13.8 Å². The predicted octanol–water partition coefficient (Wildman–Crippen LogP) is 3.70. The Morgan fingerprint density at radius 2 is 2.00 bits per heavy atom. The summed E-state index contributed by atoms with van der Waals surface area (Å²) < 4.78 is 0.702. The Hall–Kier alpha value is -1.56. The molecule has 1 aromatic carbocycles. The molecule has 0 saturated carbocycles. The smallest absolute Gasteiger partial charge is 0.337 e. The van der Waals surface area contributed by atoms with E-state index in [9.17, 15) is 9.59 Å². The van der Waals surface area contributed by atoms with E-state index in [4.69, 9.17) is 5.11 Å². The summed E-state index contributed by atoms with van der Waals surface area (Å²) in [6.45, 7) is 6.02. The normalized spacial score (nSPS) is 13.4. The summed E-state index contributed by atoms with van der Waals surface area (Å²) in [7, 11) is 0. The van der Waals surface area contributed by atoms with Gasteiger partial charge < -0.3 is 15.7 Å². The maximum Gasteiger partial charge on any atom is 0.337 e. The Morgan fingerprint density at radius 3 is 2.55 bits per heavy atom. The summed E-state index contributed by atoms with van der Waals surface area (Å²) in [5.41, 5.74) is 0.320. The number of carbonyl (C=O) groups excluding carboxylic acids is 1. The van der Waals surface area contributed by atoms with Gasteiger partial charge in [-0.2, -0.15) is 0 Å². The largest absolute Gasteiger partial charge is 0.478 e. The summed E-state index contributed by atoms with van der Waals surface area (Å²) in [6.07, 6.45) is 0.957. The Morgan fingerprint density at radius 1 is 1.35 bits per heavy atom. The molecule has 110 valence electrons. The highest BCUT2D eigenvalue weighted by Crippen LogP contribution is 2.21. The number of carbonyl (C=O) groups is 2. The Kier molecular flexibility index (Phi) is 6.01. The second-order valence-electron chi connectivity index (χ2n) is 4.77. The molecule has 0 bridgehead atoms. The van der Waals surface area contributed by atoms with Gasteiger partial charge in [0.05, 0.1) is 11.3 Å². The lowest BCUT2D eigenvalue weighted by molar-refractivity contribution is 0.0698. The first-order valence-electron chi connectivity index (χ1n) is 6.45.